The van der Waals surface area contributed by atoms with E-state index in [9.17, 15) is 0 Å². The lowest BCUT2D eigenvalue weighted by molar-refractivity contribution is 0.412. The van der Waals surface area contributed by atoms with E-state index in [0.717, 1.165) is 32.7 Å². The molecule has 0 radical (unpaired) electrons. The van der Waals surface area contributed by atoms with Gasteiger partial charge in [0.25, 0.3) is 0 Å². The number of fused-ring (bicyclic) bond motifs is 1. The van der Waals surface area contributed by atoms with Gasteiger partial charge in [-0.3, -0.25) is 0 Å². The van der Waals surface area contributed by atoms with Gasteiger partial charge < -0.3 is 14.2 Å². The average molecular weight is 334 g/mol. The van der Waals surface area contributed by atoms with Crippen LogP contribution in [0.1, 0.15) is 30.2 Å². The molecule has 1 atom stereocenters. The van der Waals surface area contributed by atoms with Gasteiger partial charge in [-0.05, 0) is 50.2 Å². The van der Waals surface area contributed by atoms with Crippen molar-refractivity contribution in [3.8, 4) is 0 Å². The largest absolute Gasteiger partial charge is 0.465 e. The molecule has 0 amide bonds. The highest BCUT2D eigenvalue weighted by Gasteiger charge is 2.12. The maximum absolute atomic E-state index is 5.86. The van der Waals surface area contributed by atoms with Crippen LogP contribution in [-0.4, -0.2) is 0 Å². The number of halogens is 1. The molecule has 1 unspecified atom stereocenters. The van der Waals surface area contributed by atoms with Crippen LogP contribution < -0.4 is 5.32 Å². The first-order valence-electron chi connectivity index (χ1n) is 6.59. The second-order valence-electron chi connectivity index (χ2n) is 4.95. The Morgan fingerprint density at radius 3 is 2.75 bits per heavy atom. The highest BCUT2D eigenvalue weighted by molar-refractivity contribution is 9.10. The van der Waals surface area contributed by atoms with Crippen LogP contribution in [0, 0.1) is 6.92 Å². The molecule has 0 saturated heterocycles. The molecule has 1 N–H and O–H groups in total. The van der Waals surface area contributed by atoms with Crippen molar-refractivity contribution in [2.75, 3.05) is 0 Å². The molecule has 2 aromatic heterocycles. The van der Waals surface area contributed by atoms with Crippen LogP contribution in [0.4, 0.5) is 0 Å². The maximum atomic E-state index is 5.86. The molecule has 4 heteroatoms. The third-order valence-corrected chi connectivity index (χ3v) is 3.80. The summed E-state index contributed by atoms with van der Waals surface area (Å²) >= 11 is 3.47. The smallest absolute Gasteiger partial charge is 0.134 e. The SMILES string of the molecule is Cc1ccc(CNC(C)c2cc3cc(Br)ccc3o2)o1. The van der Waals surface area contributed by atoms with Gasteiger partial charge in [-0.2, -0.15) is 0 Å². The molecular weight excluding hydrogens is 318 g/mol. The van der Waals surface area contributed by atoms with Crippen LogP contribution in [0.3, 0.4) is 0 Å². The first-order valence-corrected chi connectivity index (χ1v) is 7.39. The third kappa shape index (κ3) is 2.81. The summed E-state index contributed by atoms with van der Waals surface area (Å²) in [5, 5.41) is 4.51. The van der Waals surface area contributed by atoms with E-state index in [0.29, 0.717) is 6.54 Å². The van der Waals surface area contributed by atoms with Gasteiger partial charge in [0.15, 0.2) is 0 Å². The predicted octanol–water partition coefficient (Wildman–Crippen LogP) is 4.95. The fourth-order valence-electron chi connectivity index (χ4n) is 2.18. The monoisotopic (exact) mass is 333 g/mol. The van der Waals surface area contributed by atoms with Gasteiger partial charge in [-0.25, -0.2) is 0 Å². The number of hydrogen-bond donors (Lipinski definition) is 1. The van der Waals surface area contributed by atoms with Crippen molar-refractivity contribution in [3.63, 3.8) is 0 Å². The Morgan fingerprint density at radius 2 is 2.00 bits per heavy atom. The predicted molar refractivity (Wildman–Crippen MR) is 82.6 cm³/mol. The van der Waals surface area contributed by atoms with Crippen LogP contribution in [0.2, 0.25) is 0 Å². The average Bonchev–Trinajstić information content (AvgIpc) is 3.01. The van der Waals surface area contributed by atoms with Gasteiger partial charge in [-0.15, -0.1) is 0 Å². The van der Waals surface area contributed by atoms with Crippen molar-refractivity contribution < 1.29 is 8.83 Å². The van der Waals surface area contributed by atoms with Gasteiger partial charge in [0, 0.05) is 9.86 Å². The summed E-state index contributed by atoms with van der Waals surface area (Å²) in [5.41, 5.74) is 0.908. The topological polar surface area (TPSA) is 38.3 Å². The molecule has 104 valence electrons. The zero-order valence-corrected chi connectivity index (χ0v) is 13.0. The molecule has 0 aliphatic carbocycles. The molecule has 3 aromatic rings. The molecule has 0 aliphatic heterocycles. The van der Waals surface area contributed by atoms with Gasteiger partial charge in [0.05, 0.1) is 12.6 Å². The molecule has 3 rings (SSSR count). The minimum absolute atomic E-state index is 0.131. The number of rotatable bonds is 4. The Bertz CT molecular complexity index is 729. The van der Waals surface area contributed by atoms with E-state index in [1.807, 2.05) is 31.2 Å². The molecule has 1 aromatic carbocycles. The van der Waals surface area contributed by atoms with Crippen LogP contribution >= 0.6 is 15.9 Å². The molecular formula is C16H16BrNO2. The molecule has 2 heterocycles. The van der Waals surface area contributed by atoms with E-state index in [1.54, 1.807) is 0 Å². The van der Waals surface area contributed by atoms with Crippen molar-refractivity contribution >= 4 is 26.9 Å². The summed E-state index contributed by atoms with van der Waals surface area (Å²) in [6.07, 6.45) is 0. The molecule has 0 aliphatic rings. The first-order chi connectivity index (χ1) is 9.61. The number of furan rings is 2. The standard InChI is InChI=1S/C16H16BrNO2/c1-10-3-5-14(19-10)9-18-11(2)16-8-12-7-13(17)4-6-15(12)20-16/h3-8,11,18H,9H2,1-2H3. The summed E-state index contributed by atoms with van der Waals surface area (Å²) in [5.74, 6) is 2.80. The van der Waals surface area contributed by atoms with Crippen molar-refractivity contribution in [3.05, 3.63) is 58.2 Å². The lowest BCUT2D eigenvalue weighted by atomic mass is 10.2. The van der Waals surface area contributed by atoms with Crippen molar-refractivity contribution in [2.45, 2.75) is 26.4 Å². The van der Waals surface area contributed by atoms with Crippen molar-refractivity contribution in [2.24, 2.45) is 0 Å². The fourth-order valence-corrected chi connectivity index (χ4v) is 2.56. The fraction of sp³-hybridized carbons (Fsp3) is 0.250. The minimum Gasteiger partial charge on any atom is -0.465 e. The van der Waals surface area contributed by atoms with Gasteiger partial charge >= 0.3 is 0 Å². The summed E-state index contributed by atoms with van der Waals surface area (Å²) in [6.45, 7) is 4.72. The molecule has 0 saturated carbocycles. The second-order valence-corrected chi connectivity index (χ2v) is 5.86. The highest BCUT2D eigenvalue weighted by atomic mass is 79.9. The van der Waals surface area contributed by atoms with E-state index in [4.69, 9.17) is 8.83 Å². The Labute approximate surface area is 126 Å². The van der Waals surface area contributed by atoms with Crippen LogP contribution in [0.25, 0.3) is 11.0 Å². The Balaban J connectivity index is 1.73. The normalized spacial score (nSPS) is 12.9. The Hall–Kier alpha value is -1.52. The Morgan fingerprint density at radius 1 is 1.15 bits per heavy atom. The summed E-state index contributed by atoms with van der Waals surface area (Å²) < 4.78 is 12.5. The third-order valence-electron chi connectivity index (χ3n) is 3.30. The van der Waals surface area contributed by atoms with E-state index in [-0.39, 0.29) is 6.04 Å². The number of benzene rings is 1. The van der Waals surface area contributed by atoms with Gasteiger partial charge in [0.1, 0.15) is 22.9 Å². The lowest BCUT2D eigenvalue weighted by Gasteiger charge is -2.09. The second kappa shape index (κ2) is 5.46. The van der Waals surface area contributed by atoms with Crippen LogP contribution in [-0.2, 0) is 6.54 Å². The zero-order chi connectivity index (χ0) is 14.1. The van der Waals surface area contributed by atoms with Gasteiger partial charge in [0.2, 0.25) is 0 Å². The maximum Gasteiger partial charge on any atom is 0.134 e. The quantitative estimate of drug-likeness (QED) is 0.734. The summed E-state index contributed by atoms with van der Waals surface area (Å²) in [7, 11) is 0. The van der Waals surface area contributed by atoms with Crippen molar-refractivity contribution in [1.82, 2.24) is 5.32 Å². The molecule has 0 bridgehead atoms. The van der Waals surface area contributed by atoms with E-state index in [2.05, 4.69) is 40.3 Å². The lowest BCUT2D eigenvalue weighted by Crippen LogP contribution is -2.17. The zero-order valence-electron chi connectivity index (χ0n) is 11.4. The molecule has 3 nitrogen and oxygen atoms in total. The van der Waals surface area contributed by atoms with E-state index in [1.165, 1.54) is 0 Å². The Kier molecular flexibility index (Phi) is 3.68. The summed E-state index contributed by atoms with van der Waals surface area (Å²) in [6, 6.07) is 12.2. The van der Waals surface area contributed by atoms with Crippen LogP contribution in [0.15, 0.2) is 49.7 Å². The molecule has 0 spiro atoms. The van der Waals surface area contributed by atoms with Gasteiger partial charge in [-0.1, -0.05) is 15.9 Å². The number of hydrogen-bond acceptors (Lipinski definition) is 3. The highest BCUT2D eigenvalue weighted by Crippen LogP contribution is 2.26. The number of nitrogens with one attached hydrogen (secondary N) is 1. The molecule has 0 fully saturated rings. The number of aryl methyl sites for hydroxylation is 1. The van der Waals surface area contributed by atoms with Crippen LogP contribution in [0.5, 0.6) is 0 Å². The van der Waals surface area contributed by atoms with Crippen molar-refractivity contribution in [1.29, 1.82) is 0 Å². The first kappa shape index (κ1) is 13.5. The van der Waals surface area contributed by atoms with E-state index >= 15 is 0 Å². The summed E-state index contributed by atoms with van der Waals surface area (Å²) in [4.78, 5) is 0. The molecule has 20 heavy (non-hydrogen) atoms. The van der Waals surface area contributed by atoms with E-state index < -0.39 is 0 Å². The minimum atomic E-state index is 0.131.